The molecule has 12 heteroatoms. The highest BCUT2D eigenvalue weighted by Gasteiger charge is 2.21. The lowest BCUT2D eigenvalue weighted by Gasteiger charge is -2.15. The molecule has 3 aromatic heterocycles. The highest BCUT2D eigenvalue weighted by molar-refractivity contribution is 6.32. The van der Waals surface area contributed by atoms with Gasteiger partial charge in [-0.25, -0.2) is 9.78 Å². The molecule has 0 fully saturated rings. The van der Waals surface area contributed by atoms with Crippen LogP contribution in [0.1, 0.15) is 47.4 Å². The molecule has 1 amide bonds. The van der Waals surface area contributed by atoms with E-state index in [2.05, 4.69) is 9.98 Å². The van der Waals surface area contributed by atoms with Crippen LogP contribution in [-0.4, -0.2) is 37.4 Å². The van der Waals surface area contributed by atoms with Crippen LogP contribution in [0.25, 0.3) is 16.7 Å². The number of aryl methyl sites for hydroxylation is 1. The topological polar surface area (TPSA) is 138 Å². The summed E-state index contributed by atoms with van der Waals surface area (Å²) in [5.74, 6) is -1.62. The quantitative estimate of drug-likeness (QED) is 0.155. The molecule has 37 heavy (non-hydrogen) atoms. The molecule has 0 aliphatic carbocycles. The lowest BCUT2D eigenvalue weighted by Crippen LogP contribution is -2.33. The van der Waals surface area contributed by atoms with Crippen LogP contribution in [0.2, 0.25) is 5.02 Å². The first-order valence-corrected chi connectivity index (χ1v) is 11.9. The van der Waals surface area contributed by atoms with Gasteiger partial charge in [0.05, 0.1) is 16.9 Å². The molecular weight excluding hydrogens is 502 g/mol. The lowest BCUT2D eigenvalue weighted by atomic mass is 10.1. The van der Waals surface area contributed by atoms with Gasteiger partial charge in [-0.15, -0.1) is 0 Å². The fourth-order valence-electron chi connectivity index (χ4n) is 3.83. The van der Waals surface area contributed by atoms with E-state index in [9.17, 15) is 24.5 Å². The predicted molar refractivity (Wildman–Crippen MR) is 136 cm³/mol. The Morgan fingerprint density at radius 3 is 2.68 bits per heavy atom. The highest BCUT2D eigenvalue weighted by Crippen LogP contribution is 2.25. The Morgan fingerprint density at radius 2 is 1.97 bits per heavy atom. The maximum atomic E-state index is 13.3. The second-order valence-corrected chi connectivity index (χ2v) is 8.44. The fourth-order valence-corrected chi connectivity index (χ4v) is 4.02. The van der Waals surface area contributed by atoms with Crippen molar-refractivity contribution in [2.24, 2.45) is 4.99 Å². The van der Waals surface area contributed by atoms with Crippen molar-refractivity contribution in [2.75, 3.05) is 6.61 Å². The molecule has 3 heterocycles. The van der Waals surface area contributed by atoms with Gasteiger partial charge in [0, 0.05) is 24.4 Å². The number of aromatic nitrogens is 3. The number of nitrogens with zero attached hydrogens (tertiary/aromatic N) is 5. The smallest absolute Gasteiger partial charge is 0.341 e. The third-order valence-electron chi connectivity index (χ3n) is 5.62. The molecule has 0 spiro atoms. The third-order valence-corrected chi connectivity index (χ3v) is 5.94. The van der Waals surface area contributed by atoms with E-state index in [4.69, 9.17) is 16.3 Å². The number of nitro groups is 1. The van der Waals surface area contributed by atoms with Gasteiger partial charge in [0.25, 0.3) is 17.2 Å². The van der Waals surface area contributed by atoms with E-state index in [-0.39, 0.29) is 39.3 Å². The summed E-state index contributed by atoms with van der Waals surface area (Å²) in [4.78, 5) is 58.9. The molecule has 11 nitrogen and oxygen atoms in total. The Hall–Kier alpha value is -4.38. The van der Waals surface area contributed by atoms with Crippen molar-refractivity contribution in [3.63, 3.8) is 0 Å². The molecule has 0 bridgehead atoms. The summed E-state index contributed by atoms with van der Waals surface area (Å²) in [6, 6.07) is 9.97. The summed E-state index contributed by atoms with van der Waals surface area (Å²) in [6.07, 6.45) is 2.96. The molecule has 0 unspecified atom stereocenters. The molecule has 0 atom stereocenters. The monoisotopic (exact) mass is 523 g/mol. The molecule has 4 aromatic rings. The van der Waals surface area contributed by atoms with Gasteiger partial charge in [-0.05, 0) is 43.7 Å². The Morgan fingerprint density at radius 1 is 1.19 bits per heavy atom. The van der Waals surface area contributed by atoms with E-state index >= 15 is 0 Å². The number of halogens is 1. The van der Waals surface area contributed by atoms with Crippen molar-refractivity contribution < 1.29 is 19.2 Å². The van der Waals surface area contributed by atoms with Gasteiger partial charge in [-0.1, -0.05) is 31.0 Å². The van der Waals surface area contributed by atoms with E-state index in [0.29, 0.717) is 18.6 Å². The number of rotatable bonds is 7. The maximum absolute atomic E-state index is 13.3. The van der Waals surface area contributed by atoms with E-state index in [1.54, 1.807) is 35.9 Å². The molecule has 0 radical (unpaired) electrons. The van der Waals surface area contributed by atoms with Crippen LogP contribution in [0.3, 0.4) is 0 Å². The summed E-state index contributed by atoms with van der Waals surface area (Å²) < 4.78 is 8.10. The van der Waals surface area contributed by atoms with Crippen LogP contribution in [-0.2, 0) is 11.3 Å². The van der Waals surface area contributed by atoms with Gasteiger partial charge < -0.3 is 9.30 Å². The van der Waals surface area contributed by atoms with Crippen LogP contribution in [0.15, 0.2) is 58.4 Å². The van der Waals surface area contributed by atoms with E-state index < -0.39 is 28.0 Å². The number of benzene rings is 1. The van der Waals surface area contributed by atoms with Gasteiger partial charge in [0.15, 0.2) is 5.49 Å². The molecule has 0 N–H and O–H groups in total. The number of hydrogen-bond acceptors (Lipinski definition) is 7. The number of carbonyl (C=O) groups is 2. The first kappa shape index (κ1) is 25.7. The Bertz CT molecular complexity index is 1690. The zero-order chi connectivity index (χ0) is 26.7. The molecule has 1 aromatic carbocycles. The largest absolute Gasteiger partial charge is 0.462 e. The average Bonchev–Trinajstić information content (AvgIpc) is 2.88. The van der Waals surface area contributed by atoms with Crippen LogP contribution in [0.4, 0.5) is 5.69 Å². The minimum Gasteiger partial charge on any atom is -0.462 e. The van der Waals surface area contributed by atoms with Crippen molar-refractivity contribution in [2.45, 2.75) is 33.2 Å². The highest BCUT2D eigenvalue weighted by atomic mass is 35.5. The fraction of sp³-hybridized carbons (Fsp3) is 0.240. The molecule has 190 valence electrons. The maximum Gasteiger partial charge on any atom is 0.341 e. The zero-order valence-corrected chi connectivity index (χ0v) is 20.8. The predicted octanol–water partition coefficient (Wildman–Crippen LogP) is 3.93. The van der Waals surface area contributed by atoms with E-state index in [0.717, 1.165) is 12.5 Å². The Kier molecular flexibility index (Phi) is 7.44. The minimum atomic E-state index is -0.840. The number of unbranched alkanes of at least 4 members (excludes halogenated alkanes) is 1. The molecular formula is C25H22ClN5O6. The summed E-state index contributed by atoms with van der Waals surface area (Å²) in [6.45, 7) is 3.94. The van der Waals surface area contributed by atoms with E-state index in [1.165, 1.54) is 22.6 Å². The zero-order valence-electron chi connectivity index (χ0n) is 20.0. The number of hydrogen-bond donors (Lipinski definition) is 0. The number of nitro benzene ring substituents is 1. The third kappa shape index (κ3) is 4.98. The number of pyridine rings is 2. The van der Waals surface area contributed by atoms with Crippen molar-refractivity contribution >= 4 is 45.8 Å². The first-order chi connectivity index (χ1) is 17.8. The summed E-state index contributed by atoms with van der Waals surface area (Å²) >= 11 is 5.88. The minimum absolute atomic E-state index is 0.0531. The van der Waals surface area contributed by atoms with Crippen LogP contribution in [0.5, 0.6) is 0 Å². The van der Waals surface area contributed by atoms with Gasteiger partial charge in [0.2, 0.25) is 0 Å². The normalized spacial score (nSPS) is 11.7. The number of carbonyl (C=O) groups excluding carboxylic acids is 2. The standard InChI is InChI=1S/C25H22ClN5O6/c1-3-5-11-30-21-16(24(33)29-12-7-6-8-20(29)27-21)14-17(25(34)37-4-2)22(30)28-23(32)15-9-10-18(26)19(13-15)31(35)36/h6-10,12-14H,3-5,11H2,1-2H3. The van der Waals surface area contributed by atoms with Crippen molar-refractivity contribution in [1.29, 1.82) is 0 Å². The van der Waals surface area contributed by atoms with Crippen molar-refractivity contribution in [1.82, 2.24) is 14.0 Å². The second-order valence-electron chi connectivity index (χ2n) is 8.03. The van der Waals surface area contributed by atoms with Gasteiger partial charge in [-0.3, -0.25) is 24.1 Å². The molecule has 0 aliphatic rings. The molecule has 0 saturated carbocycles. The average molecular weight is 524 g/mol. The number of fused-ring (bicyclic) bond motifs is 2. The van der Waals surface area contributed by atoms with Crippen LogP contribution in [0, 0.1) is 10.1 Å². The van der Waals surface area contributed by atoms with Gasteiger partial charge in [-0.2, -0.15) is 4.99 Å². The van der Waals surface area contributed by atoms with Crippen LogP contribution < -0.4 is 11.0 Å². The summed E-state index contributed by atoms with van der Waals surface area (Å²) in [5, 5.41) is 11.3. The summed E-state index contributed by atoms with van der Waals surface area (Å²) in [5.41, 5.74) is -0.494. The molecule has 0 saturated heterocycles. The Balaban J connectivity index is 2.09. The number of esters is 1. The number of amides is 1. The van der Waals surface area contributed by atoms with Gasteiger partial charge >= 0.3 is 5.97 Å². The van der Waals surface area contributed by atoms with Gasteiger partial charge in [0.1, 0.15) is 21.9 Å². The molecule has 0 aliphatic heterocycles. The van der Waals surface area contributed by atoms with E-state index in [1.807, 2.05) is 6.92 Å². The SMILES string of the molecule is CCCCn1c(=NC(=O)c2ccc(Cl)c([N+](=O)[O-])c2)c(C(=O)OCC)cc2c(=O)n3ccccc3nc21. The first-order valence-electron chi connectivity index (χ1n) is 11.5. The second kappa shape index (κ2) is 10.7. The van der Waals surface area contributed by atoms with Crippen molar-refractivity contribution in [3.8, 4) is 0 Å². The van der Waals surface area contributed by atoms with Crippen LogP contribution >= 0.6 is 11.6 Å². The lowest BCUT2D eigenvalue weighted by molar-refractivity contribution is -0.384. The van der Waals surface area contributed by atoms with Crippen molar-refractivity contribution in [3.05, 3.63) is 90.8 Å². The summed E-state index contributed by atoms with van der Waals surface area (Å²) in [7, 11) is 0. The number of ether oxygens (including phenoxy) is 1. The molecule has 4 rings (SSSR count). The Labute approximate surface area is 214 Å².